The molecule has 3 aromatic heterocycles. The Balaban J connectivity index is 1.07. The first-order valence-electron chi connectivity index (χ1n) is 18.4. The van der Waals surface area contributed by atoms with Crippen molar-refractivity contribution in [3.63, 3.8) is 0 Å². The van der Waals surface area contributed by atoms with Crippen LogP contribution in [0.3, 0.4) is 0 Å². The molecule has 4 nitrogen and oxygen atoms in total. The molecule has 11 aromatic rings. The zero-order valence-electron chi connectivity index (χ0n) is 29.1. The van der Waals surface area contributed by atoms with E-state index in [9.17, 15) is 0 Å². The van der Waals surface area contributed by atoms with Crippen LogP contribution in [0.1, 0.15) is 0 Å². The molecule has 0 spiro atoms. The lowest BCUT2D eigenvalue weighted by molar-refractivity contribution is 1.09. The third-order valence-corrected chi connectivity index (χ3v) is 11.2. The lowest BCUT2D eigenvalue weighted by atomic mass is 9.96. The second-order valence-corrected chi connectivity index (χ2v) is 14.2. The molecule has 4 heteroatoms. The average Bonchev–Trinajstić information content (AvgIpc) is 3.72. The molecule has 12 rings (SSSR count). The molecule has 0 N–H and O–H groups in total. The summed E-state index contributed by atoms with van der Waals surface area (Å²) in [4.78, 5) is 10.6. The van der Waals surface area contributed by atoms with E-state index in [-0.39, 0.29) is 0 Å². The zero-order chi connectivity index (χ0) is 35.3. The summed E-state index contributed by atoms with van der Waals surface area (Å²) in [6, 6.07) is 65.5. The van der Waals surface area contributed by atoms with Crippen LogP contribution < -0.4 is 0 Å². The van der Waals surface area contributed by atoms with Gasteiger partial charge >= 0.3 is 0 Å². The number of rotatable bonds is 3. The third kappa shape index (κ3) is 4.13. The van der Waals surface area contributed by atoms with Gasteiger partial charge in [-0.25, -0.2) is 9.97 Å². The maximum absolute atomic E-state index is 5.31. The zero-order valence-corrected chi connectivity index (χ0v) is 29.1. The number of hydrogen-bond donors (Lipinski definition) is 0. The topological polar surface area (TPSA) is 35.6 Å². The fourth-order valence-electron chi connectivity index (χ4n) is 8.82. The minimum atomic E-state index is 0.865. The van der Waals surface area contributed by atoms with Gasteiger partial charge in [0.1, 0.15) is 5.69 Å². The highest BCUT2D eigenvalue weighted by atomic mass is 15.1. The van der Waals surface area contributed by atoms with Gasteiger partial charge < -0.3 is 4.57 Å². The van der Waals surface area contributed by atoms with E-state index >= 15 is 0 Å². The number of fused-ring (bicyclic) bond motifs is 12. The van der Waals surface area contributed by atoms with Crippen LogP contribution in [0.4, 0.5) is 0 Å². The Labute approximate surface area is 310 Å². The van der Waals surface area contributed by atoms with E-state index in [0.29, 0.717) is 0 Å². The van der Waals surface area contributed by atoms with E-state index in [1.807, 2.05) is 12.1 Å². The molecule has 4 heterocycles. The average molecular weight is 687 g/mol. The van der Waals surface area contributed by atoms with Crippen LogP contribution in [0, 0.1) is 0 Å². The van der Waals surface area contributed by atoms with Gasteiger partial charge in [0.2, 0.25) is 0 Å². The summed E-state index contributed by atoms with van der Waals surface area (Å²) in [7, 11) is 0. The summed E-state index contributed by atoms with van der Waals surface area (Å²) in [6.45, 7) is 0. The van der Waals surface area contributed by atoms with Crippen LogP contribution in [0.2, 0.25) is 0 Å². The quantitative estimate of drug-likeness (QED) is 0.185. The molecule has 0 radical (unpaired) electrons. The van der Waals surface area contributed by atoms with Crippen LogP contribution in [-0.2, 0) is 0 Å². The van der Waals surface area contributed by atoms with Gasteiger partial charge in [0.25, 0.3) is 0 Å². The molecule has 8 aromatic carbocycles. The molecule has 1 aliphatic rings. The second-order valence-electron chi connectivity index (χ2n) is 14.2. The number of hydrogen-bond acceptors (Lipinski definition) is 2. The van der Waals surface area contributed by atoms with Crippen molar-refractivity contribution in [3.8, 4) is 56.1 Å². The Morgan fingerprint density at radius 2 is 0.907 bits per heavy atom. The number of aromatic nitrogens is 4. The molecular formula is C50H30N4. The molecule has 0 unspecified atom stereocenters. The van der Waals surface area contributed by atoms with Crippen molar-refractivity contribution in [1.82, 2.24) is 19.1 Å². The normalized spacial score (nSPS) is 12.1. The maximum atomic E-state index is 5.31. The van der Waals surface area contributed by atoms with Crippen molar-refractivity contribution in [3.05, 3.63) is 182 Å². The Kier molecular flexibility index (Phi) is 6.02. The SMILES string of the molecule is c1ccc(-c2cccc(-n3c4ccccc4c4cc(-c5ccc6c(c5)c5cccc7c5n6-c5nc6ccccc6nc5-c5ccccc5-7)ccc43)c2)cc1. The van der Waals surface area contributed by atoms with Crippen molar-refractivity contribution in [2.24, 2.45) is 0 Å². The molecule has 1 aliphatic heterocycles. The summed E-state index contributed by atoms with van der Waals surface area (Å²) < 4.78 is 4.75. The van der Waals surface area contributed by atoms with Crippen molar-refractivity contribution in [2.45, 2.75) is 0 Å². The minimum absolute atomic E-state index is 0.865. The molecule has 0 fully saturated rings. The Hall–Kier alpha value is -7.30. The lowest BCUT2D eigenvalue weighted by Gasteiger charge is -2.12. The highest BCUT2D eigenvalue weighted by Crippen LogP contribution is 2.46. The molecule has 0 aliphatic carbocycles. The highest BCUT2D eigenvalue weighted by Gasteiger charge is 2.27. The largest absolute Gasteiger partial charge is 0.309 e. The van der Waals surface area contributed by atoms with Gasteiger partial charge in [-0.05, 0) is 82.4 Å². The number of benzene rings is 8. The third-order valence-electron chi connectivity index (χ3n) is 11.2. The number of para-hydroxylation sites is 4. The van der Waals surface area contributed by atoms with E-state index in [0.717, 1.165) is 44.8 Å². The van der Waals surface area contributed by atoms with Gasteiger partial charge in [-0.1, -0.05) is 127 Å². The van der Waals surface area contributed by atoms with Gasteiger partial charge in [0.15, 0.2) is 5.82 Å². The summed E-state index contributed by atoms with van der Waals surface area (Å²) in [5.74, 6) is 0.865. The van der Waals surface area contributed by atoms with E-state index in [1.165, 1.54) is 66.0 Å². The molecule has 0 saturated heterocycles. The van der Waals surface area contributed by atoms with E-state index in [1.54, 1.807) is 0 Å². The van der Waals surface area contributed by atoms with Gasteiger partial charge in [-0.2, -0.15) is 0 Å². The Morgan fingerprint density at radius 1 is 0.333 bits per heavy atom. The molecule has 0 atom stereocenters. The predicted molar refractivity (Wildman–Crippen MR) is 224 cm³/mol. The van der Waals surface area contributed by atoms with Crippen molar-refractivity contribution < 1.29 is 0 Å². The van der Waals surface area contributed by atoms with Crippen LogP contribution >= 0.6 is 0 Å². The van der Waals surface area contributed by atoms with E-state index in [4.69, 9.17) is 9.97 Å². The fourth-order valence-corrected chi connectivity index (χ4v) is 8.82. The lowest BCUT2D eigenvalue weighted by Crippen LogP contribution is -2.02. The van der Waals surface area contributed by atoms with Crippen LogP contribution in [0.25, 0.3) is 111 Å². The minimum Gasteiger partial charge on any atom is -0.309 e. The van der Waals surface area contributed by atoms with E-state index in [2.05, 4.69) is 179 Å². The monoisotopic (exact) mass is 686 g/mol. The standard InChI is InChI=1S/C50H30N4/c1-2-12-31(13-3-1)32-14-10-15-35(28-32)53-45-23-9-6-17-37(45)41-29-33(24-26-46(41)53)34-25-27-47-42(30-34)40-20-11-19-39-36-16-4-5-18-38(36)48-50(54(47)49(39)40)52-44-22-8-7-21-43(44)51-48/h1-30H. The first kappa shape index (κ1) is 29.3. The van der Waals surface area contributed by atoms with E-state index < -0.39 is 0 Å². The van der Waals surface area contributed by atoms with Crippen LogP contribution in [0.15, 0.2) is 182 Å². The molecular weight excluding hydrogens is 657 g/mol. The van der Waals surface area contributed by atoms with Gasteiger partial charge in [-0.15, -0.1) is 0 Å². The highest BCUT2D eigenvalue weighted by molar-refractivity contribution is 6.17. The first-order valence-corrected chi connectivity index (χ1v) is 18.4. The van der Waals surface area contributed by atoms with Crippen molar-refractivity contribution in [1.29, 1.82) is 0 Å². The Bertz CT molecular complexity index is 3330. The van der Waals surface area contributed by atoms with Crippen molar-refractivity contribution >= 4 is 54.6 Å². The smallest absolute Gasteiger partial charge is 0.165 e. The summed E-state index contributed by atoms with van der Waals surface area (Å²) in [6.07, 6.45) is 0. The molecule has 0 amide bonds. The maximum Gasteiger partial charge on any atom is 0.165 e. The van der Waals surface area contributed by atoms with Crippen LogP contribution in [-0.4, -0.2) is 19.1 Å². The van der Waals surface area contributed by atoms with Gasteiger partial charge in [0, 0.05) is 38.4 Å². The molecule has 250 valence electrons. The van der Waals surface area contributed by atoms with Crippen molar-refractivity contribution in [2.75, 3.05) is 0 Å². The summed E-state index contributed by atoms with van der Waals surface area (Å²) in [5.41, 5.74) is 16.8. The predicted octanol–water partition coefficient (Wildman–Crippen LogP) is 12.8. The first-order chi connectivity index (χ1) is 26.8. The summed E-state index contributed by atoms with van der Waals surface area (Å²) >= 11 is 0. The second kappa shape index (κ2) is 11.1. The molecule has 0 saturated carbocycles. The molecule has 0 bridgehead atoms. The molecule has 54 heavy (non-hydrogen) atoms. The Morgan fingerprint density at radius 3 is 1.74 bits per heavy atom. The summed E-state index contributed by atoms with van der Waals surface area (Å²) in [5, 5.41) is 4.88. The van der Waals surface area contributed by atoms with Gasteiger partial charge in [-0.3, -0.25) is 4.57 Å². The van der Waals surface area contributed by atoms with Crippen LogP contribution in [0.5, 0.6) is 0 Å². The fraction of sp³-hybridized carbons (Fsp3) is 0. The number of nitrogens with zero attached hydrogens (tertiary/aromatic N) is 4. The van der Waals surface area contributed by atoms with Gasteiger partial charge in [0.05, 0.1) is 33.1 Å².